The quantitative estimate of drug-likeness (QED) is 0.812. The molecule has 1 aromatic rings. The predicted molar refractivity (Wildman–Crippen MR) is 48.4 cm³/mol. The van der Waals surface area contributed by atoms with Gasteiger partial charge in [0.1, 0.15) is 5.75 Å². The standard InChI is InChI=1S/C9H12F2N2O/c1-5-6(3-12)13-4-7(14-2)8(5)9(10)11/h4,9H,3,12H2,1-2H3. The molecular formula is C9H12F2N2O. The molecule has 0 spiro atoms. The van der Waals surface area contributed by atoms with Crippen molar-refractivity contribution in [2.45, 2.75) is 19.9 Å². The second kappa shape index (κ2) is 4.32. The van der Waals surface area contributed by atoms with E-state index in [0.717, 1.165) is 0 Å². The number of ether oxygens (including phenoxy) is 1. The van der Waals surface area contributed by atoms with Crippen LogP contribution in [0, 0.1) is 6.92 Å². The van der Waals surface area contributed by atoms with E-state index in [9.17, 15) is 8.78 Å². The molecule has 0 aliphatic rings. The Kier molecular flexibility index (Phi) is 3.35. The van der Waals surface area contributed by atoms with E-state index in [2.05, 4.69) is 4.98 Å². The van der Waals surface area contributed by atoms with Crippen LogP contribution in [0.25, 0.3) is 0 Å². The number of alkyl halides is 2. The second-order valence-electron chi connectivity index (χ2n) is 2.82. The molecule has 0 fully saturated rings. The van der Waals surface area contributed by atoms with E-state index in [0.29, 0.717) is 11.3 Å². The molecule has 1 aromatic heterocycles. The largest absolute Gasteiger partial charge is 0.495 e. The first kappa shape index (κ1) is 10.8. The summed E-state index contributed by atoms with van der Waals surface area (Å²) in [5, 5.41) is 0. The summed E-state index contributed by atoms with van der Waals surface area (Å²) in [5.74, 6) is 0.106. The van der Waals surface area contributed by atoms with Gasteiger partial charge in [-0.15, -0.1) is 0 Å². The number of methoxy groups -OCH3 is 1. The summed E-state index contributed by atoms with van der Waals surface area (Å²) in [4.78, 5) is 3.93. The molecule has 1 rings (SSSR count). The van der Waals surface area contributed by atoms with Crippen molar-refractivity contribution in [1.29, 1.82) is 0 Å². The fourth-order valence-electron chi connectivity index (χ4n) is 1.28. The molecule has 0 saturated heterocycles. The van der Waals surface area contributed by atoms with Gasteiger partial charge < -0.3 is 10.5 Å². The maximum absolute atomic E-state index is 12.6. The minimum Gasteiger partial charge on any atom is -0.495 e. The highest BCUT2D eigenvalue weighted by molar-refractivity contribution is 5.41. The Labute approximate surface area is 80.9 Å². The van der Waals surface area contributed by atoms with Crippen molar-refractivity contribution in [2.24, 2.45) is 5.73 Å². The Bertz CT molecular complexity index is 329. The number of hydrogen-bond donors (Lipinski definition) is 1. The smallest absolute Gasteiger partial charge is 0.267 e. The molecule has 0 aliphatic carbocycles. The molecule has 0 aliphatic heterocycles. The van der Waals surface area contributed by atoms with Crippen LogP contribution in [-0.4, -0.2) is 12.1 Å². The van der Waals surface area contributed by atoms with Crippen molar-refractivity contribution in [3.05, 3.63) is 23.0 Å². The average Bonchev–Trinajstić information content (AvgIpc) is 2.16. The van der Waals surface area contributed by atoms with Crippen molar-refractivity contribution in [2.75, 3.05) is 7.11 Å². The summed E-state index contributed by atoms with van der Waals surface area (Å²) in [6, 6.07) is 0. The Balaban J connectivity index is 3.31. The van der Waals surface area contributed by atoms with Crippen molar-refractivity contribution in [1.82, 2.24) is 4.98 Å². The van der Waals surface area contributed by atoms with Gasteiger partial charge >= 0.3 is 0 Å². The molecular weight excluding hydrogens is 190 g/mol. The van der Waals surface area contributed by atoms with Gasteiger partial charge in [-0.1, -0.05) is 0 Å². The number of aromatic nitrogens is 1. The van der Waals surface area contributed by atoms with Gasteiger partial charge in [-0.05, 0) is 12.5 Å². The molecule has 5 heteroatoms. The highest BCUT2D eigenvalue weighted by Crippen LogP contribution is 2.32. The van der Waals surface area contributed by atoms with E-state index >= 15 is 0 Å². The molecule has 2 N–H and O–H groups in total. The van der Waals surface area contributed by atoms with Gasteiger partial charge in [0.2, 0.25) is 0 Å². The number of rotatable bonds is 3. The zero-order chi connectivity index (χ0) is 10.7. The average molecular weight is 202 g/mol. The Morgan fingerprint density at radius 1 is 1.57 bits per heavy atom. The first-order chi connectivity index (χ1) is 6.61. The van der Waals surface area contributed by atoms with E-state index in [4.69, 9.17) is 10.5 Å². The maximum Gasteiger partial charge on any atom is 0.267 e. The van der Waals surface area contributed by atoms with Crippen LogP contribution in [0.2, 0.25) is 0 Å². The fraction of sp³-hybridized carbons (Fsp3) is 0.444. The van der Waals surface area contributed by atoms with Crippen LogP contribution in [0.1, 0.15) is 23.2 Å². The van der Waals surface area contributed by atoms with E-state index < -0.39 is 6.43 Å². The van der Waals surface area contributed by atoms with Crippen LogP contribution >= 0.6 is 0 Å². The van der Waals surface area contributed by atoms with Gasteiger partial charge in [-0.3, -0.25) is 4.98 Å². The predicted octanol–water partition coefficient (Wildman–Crippen LogP) is 1.79. The van der Waals surface area contributed by atoms with Crippen LogP contribution in [0.3, 0.4) is 0 Å². The summed E-state index contributed by atoms with van der Waals surface area (Å²) in [7, 11) is 1.34. The van der Waals surface area contributed by atoms with Crippen molar-refractivity contribution < 1.29 is 13.5 Å². The molecule has 1 heterocycles. The molecule has 0 unspecified atom stereocenters. The third-order valence-corrected chi connectivity index (χ3v) is 2.07. The maximum atomic E-state index is 12.6. The number of nitrogens with zero attached hydrogens (tertiary/aromatic N) is 1. The summed E-state index contributed by atoms with van der Waals surface area (Å²) >= 11 is 0. The van der Waals surface area contributed by atoms with Crippen molar-refractivity contribution in [3.63, 3.8) is 0 Å². The van der Waals surface area contributed by atoms with Crippen LogP contribution in [-0.2, 0) is 6.54 Å². The molecule has 14 heavy (non-hydrogen) atoms. The molecule has 0 saturated carbocycles. The third kappa shape index (κ3) is 1.82. The zero-order valence-electron chi connectivity index (χ0n) is 8.05. The van der Waals surface area contributed by atoms with E-state index in [1.807, 2.05) is 0 Å². The highest BCUT2D eigenvalue weighted by Gasteiger charge is 2.19. The van der Waals surface area contributed by atoms with Gasteiger partial charge in [0, 0.05) is 6.54 Å². The van der Waals surface area contributed by atoms with Gasteiger partial charge in [0.05, 0.1) is 24.6 Å². The lowest BCUT2D eigenvalue weighted by Gasteiger charge is -2.12. The lowest BCUT2D eigenvalue weighted by molar-refractivity contribution is 0.146. The summed E-state index contributed by atoms with van der Waals surface area (Å²) in [5.41, 5.74) is 6.12. The Morgan fingerprint density at radius 3 is 2.64 bits per heavy atom. The van der Waals surface area contributed by atoms with E-state index in [-0.39, 0.29) is 17.9 Å². The number of hydrogen-bond acceptors (Lipinski definition) is 3. The first-order valence-corrected chi connectivity index (χ1v) is 4.12. The fourth-order valence-corrected chi connectivity index (χ4v) is 1.28. The van der Waals surface area contributed by atoms with Crippen LogP contribution < -0.4 is 10.5 Å². The van der Waals surface area contributed by atoms with Crippen molar-refractivity contribution in [3.8, 4) is 5.75 Å². The third-order valence-electron chi connectivity index (χ3n) is 2.07. The summed E-state index contributed by atoms with van der Waals surface area (Å²) < 4.78 is 30.1. The van der Waals surface area contributed by atoms with Crippen LogP contribution in [0.15, 0.2) is 6.20 Å². The number of nitrogens with two attached hydrogens (primary N) is 1. The Hall–Kier alpha value is -1.23. The lowest BCUT2D eigenvalue weighted by atomic mass is 10.1. The lowest BCUT2D eigenvalue weighted by Crippen LogP contribution is -2.07. The Morgan fingerprint density at radius 2 is 2.21 bits per heavy atom. The minimum atomic E-state index is -2.57. The first-order valence-electron chi connectivity index (χ1n) is 4.12. The van der Waals surface area contributed by atoms with Crippen molar-refractivity contribution >= 4 is 0 Å². The molecule has 0 amide bonds. The van der Waals surface area contributed by atoms with Crippen LogP contribution in [0.4, 0.5) is 8.78 Å². The molecule has 78 valence electrons. The molecule has 0 aromatic carbocycles. The second-order valence-corrected chi connectivity index (χ2v) is 2.82. The van der Waals surface area contributed by atoms with Crippen LogP contribution in [0.5, 0.6) is 5.75 Å². The normalized spacial score (nSPS) is 10.7. The molecule has 0 atom stereocenters. The topological polar surface area (TPSA) is 48.1 Å². The van der Waals surface area contributed by atoms with E-state index in [1.54, 1.807) is 6.92 Å². The monoisotopic (exact) mass is 202 g/mol. The highest BCUT2D eigenvalue weighted by atomic mass is 19.3. The SMILES string of the molecule is COc1cnc(CN)c(C)c1C(F)F. The van der Waals surface area contributed by atoms with Gasteiger partial charge in [-0.2, -0.15) is 0 Å². The minimum absolute atomic E-state index is 0.106. The van der Waals surface area contributed by atoms with Gasteiger partial charge in [-0.25, -0.2) is 8.78 Å². The number of halogens is 2. The molecule has 0 bridgehead atoms. The summed E-state index contributed by atoms with van der Waals surface area (Å²) in [6.07, 6.45) is -1.30. The summed E-state index contributed by atoms with van der Waals surface area (Å²) in [6.45, 7) is 1.72. The molecule has 0 radical (unpaired) electrons. The number of pyridine rings is 1. The van der Waals surface area contributed by atoms with E-state index in [1.165, 1.54) is 13.3 Å². The van der Waals surface area contributed by atoms with Gasteiger partial charge in [0.25, 0.3) is 6.43 Å². The molecule has 3 nitrogen and oxygen atoms in total. The van der Waals surface area contributed by atoms with Gasteiger partial charge in [0.15, 0.2) is 0 Å². The zero-order valence-corrected chi connectivity index (χ0v) is 8.05.